The highest BCUT2D eigenvalue weighted by Gasteiger charge is 2.36. The second-order valence-corrected chi connectivity index (χ2v) is 9.14. The molecular weight excluding hydrogens is 378 g/mol. The highest BCUT2D eigenvalue weighted by atomic mass is 32.2. The number of sulfonamides is 1. The average molecular weight is 399 g/mol. The fourth-order valence-electron chi connectivity index (χ4n) is 3.00. The predicted octanol–water partition coefficient (Wildman–Crippen LogP) is 1.74. The van der Waals surface area contributed by atoms with E-state index in [-0.39, 0.29) is 23.1 Å². The normalized spacial score (nSPS) is 18.8. The van der Waals surface area contributed by atoms with E-state index in [4.69, 9.17) is 4.52 Å². The Bertz CT molecular complexity index is 886. The van der Waals surface area contributed by atoms with Gasteiger partial charge in [-0.2, -0.15) is 4.31 Å². The van der Waals surface area contributed by atoms with Crippen LogP contribution in [-0.2, 0) is 21.2 Å². The number of rotatable bonds is 5. The summed E-state index contributed by atoms with van der Waals surface area (Å²) in [5.41, 5.74) is 0.329. The minimum absolute atomic E-state index is 0.0928. The van der Waals surface area contributed by atoms with Crippen LogP contribution in [0.1, 0.15) is 36.2 Å². The second-order valence-electron chi connectivity index (χ2n) is 6.20. The standard InChI is InChI=1S/C15H21N5O4S2/c1-4-12-17-18-15(25-12)16-14(21)11-6-5-7-20(8-11)26(22,23)13-9(2)19-24-10(13)3/h11H,4-8H2,1-3H3,(H,16,18,21)/t11-/m0/s1. The number of aromatic nitrogens is 3. The summed E-state index contributed by atoms with van der Waals surface area (Å²) in [6.07, 6.45) is 1.98. The third-order valence-corrected chi connectivity index (χ3v) is 7.41. The van der Waals surface area contributed by atoms with Crippen LogP contribution < -0.4 is 5.32 Å². The summed E-state index contributed by atoms with van der Waals surface area (Å²) in [7, 11) is -3.75. The number of piperidine rings is 1. The van der Waals surface area contributed by atoms with Crippen molar-refractivity contribution in [2.75, 3.05) is 18.4 Å². The topological polar surface area (TPSA) is 118 Å². The second kappa shape index (κ2) is 7.41. The van der Waals surface area contributed by atoms with Crippen LogP contribution in [0.15, 0.2) is 9.42 Å². The zero-order valence-electron chi connectivity index (χ0n) is 14.9. The molecule has 1 fully saturated rings. The highest BCUT2D eigenvalue weighted by Crippen LogP contribution is 2.28. The van der Waals surface area contributed by atoms with Crippen LogP contribution in [-0.4, -0.2) is 47.1 Å². The monoisotopic (exact) mass is 399 g/mol. The van der Waals surface area contributed by atoms with Gasteiger partial charge in [0, 0.05) is 13.1 Å². The summed E-state index contributed by atoms with van der Waals surface area (Å²) in [6.45, 7) is 5.62. The Balaban J connectivity index is 1.73. The SMILES string of the molecule is CCc1nnc(NC(=O)[C@H]2CCCN(S(=O)(=O)c3c(C)noc3C)C2)s1. The van der Waals surface area contributed by atoms with Gasteiger partial charge in [0.1, 0.15) is 15.6 Å². The van der Waals surface area contributed by atoms with Gasteiger partial charge in [-0.15, -0.1) is 10.2 Å². The Morgan fingerprint density at radius 1 is 1.38 bits per heavy atom. The van der Waals surface area contributed by atoms with E-state index in [2.05, 4.69) is 20.7 Å². The van der Waals surface area contributed by atoms with Crippen molar-refractivity contribution in [1.29, 1.82) is 0 Å². The molecule has 26 heavy (non-hydrogen) atoms. The molecular formula is C15H21N5O4S2. The van der Waals surface area contributed by atoms with Crippen molar-refractivity contribution in [1.82, 2.24) is 19.7 Å². The summed E-state index contributed by atoms with van der Waals surface area (Å²) in [6, 6.07) is 0. The lowest BCUT2D eigenvalue weighted by atomic mass is 9.99. The molecule has 1 atom stereocenters. The zero-order valence-corrected chi connectivity index (χ0v) is 16.5. The van der Waals surface area contributed by atoms with Gasteiger partial charge >= 0.3 is 0 Å². The van der Waals surface area contributed by atoms with E-state index in [0.717, 1.165) is 11.4 Å². The molecule has 1 aliphatic rings. The van der Waals surface area contributed by atoms with E-state index < -0.39 is 15.9 Å². The first-order valence-corrected chi connectivity index (χ1v) is 10.6. The zero-order chi connectivity index (χ0) is 18.9. The first-order chi connectivity index (χ1) is 12.3. The molecule has 2 aromatic rings. The molecule has 1 saturated heterocycles. The minimum Gasteiger partial charge on any atom is -0.360 e. The first kappa shape index (κ1) is 18.9. The Morgan fingerprint density at radius 3 is 2.77 bits per heavy atom. The molecule has 0 aliphatic carbocycles. The number of amides is 1. The molecule has 3 rings (SSSR count). The Morgan fingerprint density at radius 2 is 2.15 bits per heavy atom. The number of carbonyl (C=O) groups excluding carboxylic acids is 1. The third-order valence-electron chi connectivity index (χ3n) is 4.32. The van der Waals surface area contributed by atoms with Crippen molar-refractivity contribution in [2.45, 2.75) is 44.9 Å². The number of anilines is 1. The minimum atomic E-state index is -3.75. The molecule has 1 N–H and O–H groups in total. The third kappa shape index (κ3) is 3.64. The summed E-state index contributed by atoms with van der Waals surface area (Å²) in [5.74, 6) is -0.412. The molecule has 0 radical (unpaired) electrons. The van der Waals surface area contributed by atoms with Gasteiger partial charge in [-0.25, -0.2) is 8.42 Å². The van der Waals surface area contributed by atoms with E-state index >= 15 is 0 Å². The van der Waals surface area contributed by atoms with Crippen molar-refractivity contribution < 1.29 is 17.7 Å². The quantitative estimate of drug-likeness (QED) is 0.813. The molecule has 0 aromatic carbocycles. The number of nitrogens with one attached hydrogen (secondary N) is 1. The van der Waals surface area contributed by atoms with Crippen LogP contribution in [0, 0.1) is 19.8 Å². The molecule has 142 valence electrons. The molecule has 0 bridgehead atoms. The van der Waals surface area contributed by atoms with Gasteiger partial charge in [-0.3, -0.25) is 4.79 Å². The van der Waals surface area contributed by atoms with Crippen molar-refractivity contribution in [2.24, 2.45) is 5.92 Å². The van der Waals surface area contributed by atoms with E-state index in [1.807, 2.05) is 6.92 Å². The van der Waals surface area contributed by atoms with Gasteiger partial charge in [-0.05, 0) is 33.1 Å². The van der Waals surface area contributed by atoms with Gasteiger partial charge in [0.15, 0.2) is 5.76 Å². The van der Waals surface area contributed by atoms with Crippen molar-refractivity contribution in [3.05, 3.63) is 16.5 Å². The number of hydrogen-bond donors (Lipinski definition) is 1. The average Bonchev–Trinajstić information content (AvgIpc) is 3.21. The molecule has 0 unspecified atom stereocenters. The lowest BCUT2D eigenvalue weighted by Gasteiger charge is -2.30. The van der Waals surface area contributed by atoms with Crippen LogP contribution in [0.2, 0.25) is 0 Å². The van der Waals surface area contributed by atoms with Gasteiger partial charge in [-0.1, -0.05) is 23.4 Å². The molecule has 0 saturated carbocycles. The smallest absolute Gasteiger partial charge is 0.248 e. The van der Waals surface area contributed by atoms with Crippen LogP contribution in [0.3, 0.4) is 0 Å². The van der Waals surface area contributed by atoms with Crippen molar-refractivity contribution >= 4 is 32.4 Å². The lowest BCUT2D eigenvalue weighted by Crippen LogP contribution is -2.43. The maximum absolute atomic E-state index is 12.9. The van der Waals surface area contributed by atoms with Gasteiger partial charge < -0.3 is 9.84 Å². The molecule has 1 aliphatic heterocycles. The van der Waals surface area contributed by atoms with Gasteiger partial charge in [0.2, 0.25) is 21.1 Å². The maximum Gasteiger partial charge on any atom is 0.248 e. The Kier molecular flexibility index (Phi) is 5.39. The van der Waals surface area contributed by atoms with E-state index in [1.54, 1.807) is 13.8 Å². The van der Waals surface area contributed by atoms with Gasteiger partial charge in [0.05, 0.1) is 5.92 Å². The molecule has 1 amide bonds. The summed E-state index contributed by atoms with van der Waals surface area (Å²) in [4.78, 5) is 12.6. The number of carbonyl (C=O) groups is 1. The van der Waals surface area contributed by atoms with E-state index in [1.165, 1.54) is 15.6 Å². The summed E-state index contributed by atoms with van der Waals surface area (Å²) >= 11 is 1.33. The lowest BCUT2D eigenvalue weighted by molar-refractivity contribution is -0.120. The molecule has 11 heteroatoms. The number of hydrogen-bond acceptors (Lipinski definition) is 8. The van der Waals surface area contributed by atoms with Gasteiger partial charge in [0.25, 0.3) is 0 Å². The first-order valence-electron chi connectivity index (χ1n) is 8.39. The largest absolute Gasteiger partial charge is 0.360 e. The highest BCUT2D eigenvalue weighted by molar-refractivity contribution is 7.89. The maximum atomic E-state index is 12.9. The molecule has 2 aromatic heterocycles. The van der Waals surface area contributed by atoms with Crippen LogP contribution >= 0.6 is 11.3 Å². The predicted molar refractivity (Wildman–Crippen MR) is 95.4 cm³/mol. The Hall–Kier alpha value is -1.85. The fourth-order valence-corrected chi connectivity index (χ4v) is 5.50. The van der Waals surface area contributed by atoms with E-state index in [9.17, 15) is 13.2 Å². The summed E-state index contributed by atoms with van der Waals surface area (Å²) in [5, 5.41) is 15.7. The fraction of sp³-hybridized carbons (Fsp3) is 0.600. The van der Waals surface area contributed by atoms with Crippen molar-refractivity contribution in [3.8, 4) is 0 Å². The molecule has 0 spiro atoms. The number of nitrogens with zero attached hydrogens (tertiary/aromatic N) is 4. The van der Waals surface area contributed by atoms with E-state index in [0.29, 0.717) is 30.2 Å². The van der Waals surface area contributed by atoms with Crippen LogP contribution in [0.5, 0.6) is 0 Å². The molecule has 9 nitrogen and oxygen atoms in total. The molecule has 3 heterocycles. The number of aryl methyl sites for hydroxylation is 3. The van der Waals surface area contributed by atoms with Crippen LogP contribution in [0.4, 0.5) is 5.13 Å². The van der Waals surface area contributed by atoms with Crippen LogP contribution in [0.25, 0.3) is 0 Å². The summed E-state index contributed by atoms with van der Waals surface area (Å²) < 4.78 is 32.2. The van der Waals surface area contributed by atoms with Crippen molar-refractivity contribution in [3.63, 3.8) is 0 Å². The Labute approximate surface area is 155 Å².